The van der Waals surface area contributed by atoms with Crippen molar-refractivity contribution in [3.8, 4) is 0 Å². The Bertz CT molecular complexity index is 1140. The van der Waals surface area contributed by atoms with Crippen LogP contribution < -0.4 is 9.62 Å². The Labute approximate surface area is 176 Å². The van der Waals surface area contributed by atoms with Crippen LogP contribution in [0.2, 0.25) is 0 Å². The molecule has 3 rings (SSSR count). The molecule has 1 amide bonds. The maximum atomic E-state index is 13.3. The highest BCUT2D eigenvalue weighted by Gasteiger charge is 2.27. The summed E-state index contributed by atoms with van der Waals surface area (Å²) in [4.78, 5) is 12.7. The molecule has 5 nitrogen and oxygen atoms in total. The molecule has 0 fully saturated rings. The van der Waals surface area contributed by atoms with Crippen LogP contribution in [0.5, 0.6) is 0 Å². The molecule has 3 aromatic rings. The molecule has 0 bridgehead atoms. The normalized spacial score (nSPS) is 11.2. The van der Waals surface area contributed by atoms with Gasteiger partial charge in [0.2, 0.25) is 5.91 Å². The van der Waals surface area contributed by atoms with E-state index in [4.69, 9.17) is 0 Å². The first-order valence-corrected chi connectivity index (χ1v) is 10.8. The van der Waals surface area contributed by atoms with E-state index in [-0.39, 0.29) is 4.90 Å². The number of para-hydroxylation sites is 1. The Kier molecular flexibility index (Phi) is 6.22. The molecule has 3 aromatic carbocycles. The fourth-order valence-corrected chi connectivity index (χ4v) is 4.75. The highest BCUT2D eigenvalue weighted by Crippen LogP contribution is 2.25. The number of anilines is 2. The van der Waals surface area contributed by atoms with E-state index >= 15 is 0 Å². The van der Waals surface area contributed by atoms with Crippen LogP contribution in [0.3, 0.4) is 0 Å². The van der Waals surface area contributed by atoms with E-state index in [1.165, 1.54) is 12.1 Å². The van der Waals surface area contributed by atoms with Gasteiger partial charge < -0.3 is 5.32 Å². The van der Waals surface area contributed by atoms with Gasteiger partial charge in [-0.15, -0.1) is 0 Å². The highest BCUT2D eigenvalue weighted by molar-refractivity contribution is 7.92. The van der Waals surface area contributed by atoms with E-state index in [0.29, 0.717) is 11.4 Å². The number of hydrogen-bond donors (Lipinski definition) is 1. The molecule has 30 heavy (non-hydrogen) atoms. The smallest absolute Gasteiger partial charge is 0.264 e. The van der Waals surface area contributed by atoms with Gasteiger partial charge in [0.15, 0.2) is 0 Å². The number of rotatable bonds is 6. The summed E-state index contributed by atoms with van der Waals surface area (Å²) >= 11 is 0. The van der Waals surface area contributed by atoms with E-state index in [2.05, 4.69) is 5.32 Å². The maximum absolute atomic E-state index is 13.3. The summed E-state index contributed by atoms with van der Waals surface area (Å²) in [5.74, 6) is -1.01. The molecule has 1 N–H and O–H groups in total. The molecule has 0 aliphatic heterocycles. The van der Waals surface area contributed by atoms with E-state index in [1.54, 1.807) is 30.3 Å². The minimum Gasteiger partial charge on any atom is -0.324 e. The lowest BCUT2D eigenvalue weighted by Crippen LogP contribution is -2.38. The third kappa shape index (κ3) is 4.68. The lowest BCUT2D eigenvalue weighted by atomic mass is 10.1. The van der Waals surface area contributed by atoms with Gasteiger partial charge in [-0.05, 0) is 68.3 Å². The van der Waals surface area contributed by atoms with Gasteiger partial charge in [0.1, 0.15) is 12.4 Å². The average molecular weight is 427 g/mol. The van der Waals surface area contributed by atoms with Crippen LogP contribution in [-0.2, 0) is 14.8 Å². The molecule has 0 spiro atoms. The SMILES string of the molecule is Cc1cc(C)c(NC(=O)CN(c2ccccc2)S(=O)(=O)c2ccc(F)cc2)c(C)c1. The summed E-state index contributed by atoms with van der Waals surface area (Å²) in [6, 6.07) is 16.8. The molecular formula is C23H23FN2O3S. The standard InChI is InChI=1S/C23H23FN2O3S/c1-16-13-17(2)23(18(3)14-16)25-22(27)15-26(20-7-5-4-6-8-20)30(28,29)21-11-9-19(24)10-12-21/h4-14H,15H2,1-3H3,(H,25,27). The molecule has 0 saturated heterocycles. The van der Waals surface area contributed by atoms with Gasteiger partial charge in [0, 0.05) is 5.69 Å². The van der Waals surface area contributed by atoms with Gasteiger partial charge in [-0.1, -0.05) is 35.9 Å². The molecule has 0 aliphatic carbocycles. The average Bonchev–Trinajstić information content (AvgIpc) is 2.70. The minimum absolute atomic E-state index is 0.0942. The second kappa shape index (κ2) is 8.67. The summed E-state index contributed by atoms with van der Waals surface area (Å²) in [5.41, 5.74) is 3.88. The number of sulfonamides is 1. The molecule has 0 radical (unpaired) electrons. The van der Waals surface area contributed by atoms with Crippen LogP contribution in [0.1, 0.15) is 16.7 Å². The Hall–Kier alpha value is -3.19. The van der Waals surface area contributed by atoms with Crippen molar-refractivity contribution in [3.05, 3.63) is 89.2 Å². The van der Waals surface area contributed by atoms with Crippen LogP contribution in [0.15, 0.2) is 71.6 Å². The van der Waals surface area contributed by atoms with Crippen molar-refractivity contribution in [2.75, 3.05) is 16.2 Å². The van der Waals surface area contributed by atoms with Crippen LogP contribution in [0.25, 0.3) is 0 Å². The topological polar surface area (TPSA) is 66.5 Å². The molecule has 0 heterocycles. The van der Waals surface area contributed by atoms with Gasteiger partial charge in [-0.25, -0.2) is 12.8 Å². The number of nitrogens with zero attached hydrogens (tertiary/aromatic N) is 1. The minimum atomic E-state index is -4.08. The van der Waals surface area contributed by atoms with Crippen molar-refractivity contribution in [2.24, 2.45) is 0 Å². The van der Waals surface area contributed by atoms with E-state index in [1.807, 2.05) is 32.9 Å². The van der Waals surface area contributed by atoms with Crippen molar-refractivity contribution in [1.82, 2.24) is 0 Å². The Balaban J connectivity index is 1.94. The van der Waals surface area contributed by atoms with E-state index in [9.17, 15) is 17.6 Å². The zero-order chi connectivity index (χ0) is 21.9. The fraction of sp³-hybridized carbons (Fsp3) is 0.174. The quantitative estimate of drug-likeness (QED) is 0.627. The second-order valence-corrected chi connectivity index (χ2v) is 8.99. The summed E-state index contributed by atoms with van der Waals surface area (Å²) in [6.07, 6.45) is 0. The zero-order valence-corrected chi connectivity index (χ0v) is 17.8. The molecule has 0 atom stereocenters. The van der Waals surface area contributed by atoms with Gasteiger partial charge in [-0.3, -0.25) is 9.10 Å². The number of benzene rings is 3. The van der Waals surface area contributed by atoms with Gasteiger partial charge in [0.05, 0.1) is 10.6 Å². The monoisotopic (exact) mass is 426 g/mol. The number of amides is 1. The van der Waals surface area contributed by atoms with Crippen molar-refractivity contribution in [3.63, 3.8) is 0 Å². The molecule has 156 valence electrons. The summed E-state index contributed by atoms with van der Waals surface area (Å²) in [5, 5.41) is 2.83. The summed E-state index contributed by atoms with van der Waals surface area (Å²) < 4.78 is 40.8. The van der Waals surface area contributed by atoms with Crippen molar-refractivity contribution in [2.45, 2.75) is 25.7 Å². The lowest BCUT2D eigenvalue weighted by Gasteiger charge is -2.24. The van der Waals surface area contributed by atoms with E-state index < -0.39 is 28.3 Å². The third-order valence-corrected chi connectivity index (χ3v) is 6.46. The molecular weight excluding hydrogens is 403 g/mol. The largest absolute Gasteiger partial charge is 0.324 e. The number of nitrogens with one attached hydrogen (secondary N) is 1. The number of aryl methyl sites for hydroxylation is 3. The number of hydrogen-bond acceptors (Lipinski definition) is 3. The predicted octanol–water partition coefficient (Wildman–Crippen LogP) is 4.58. The van der Waals surface area contributed by atoms with Crippen molar-refractivity contribution < 1.29 is 17.6 Å². The highest BCUT2D eigenvalue weighted by atomic mass is 32.2. The number of carbonyl (C=O) groups excluding carboxylic acids is 1. The molecule has 0 unspecified atom stereocenters. The van der Waals surface area contributed by atoms with Crippen molar-refractivity contribution >= 4 is 27.3 Å². The predicted molar refractivity (Wildman–Crippen MR) is 117 cm³/mol. The molecule has 0 aliphatic rings. The van der Waals surface area contributed by atoms with Gasteiger partial charge in [0.25, 0.3) is 10.0 Å². The Morgan fingerprint density at radius 1 is 0.933 bits per heavy atom. The first-order valence-electron chi connectivity index (χ1n) is 9.39. The fourth-order valence-electron chi connectivity index (χ4n) is 3.33. The van der Waals surface area contributed by atoms with Gasteiger partial charge in [-0.2, -0.15) is 0 Å². The summed E-state index contributed by atoms with van der Waals surface area (Å²) in [6.45, 7) is 5.33. The van der Waals surface area contributed by atoms with Crippen LogP contribution in [0.4, 0.5) is 15.8 Å². The molecule has 7 heteroatoms. The summed E-state index contributed by atoms with van der Waals surface area (Å²) in [7, 11) is -4.08. The first kappa shape index (κ1) is 21.5. The van der Waals surface area contributed by atoms with Crippen molar-refractivity contribution in [1.29, 1.82) is 0 Å². The molecule has 0 aromatic heterocycles. The van der Waals surface area contributed by atoms with Crippen LogP contribution >= 0.6 is 0 Å². The zero-order valence-electron chi connectivity index (χ0n) is 17.0. The lowest BCUT2D eigenvalue weighted by molar-refractivity contribution is -0.114. The van der Waals surface area contributed by atoms with E-state index in [0.717, 1.165) is 33.1 Å². The van der Waals surface area contributed by atoms with Crippen LogP contribution in [0, 0.1) is 26.6 Å². The number of halogens is 1. The second-order valence-electron chi connectivity index (χ2n) is 7.12. The maximum Gasteiger partial charge on any atom is 0.264 e. The Morgan fingerprint density at radius 2 is 1.50 bits per heavy atom. The number of carbonyl (C=O) groups is 1. The van der Waals surface area contributed by atoms with Crippen LogP contribution in [-0.4, -0.2) is 20.9 Å². The first-order chi connectivity index (χ1) is 14.2. The third-order valence-electron chi connectivity index (χ3n) is 4.67. The molecule has 0 saturated carbocycles. The Morgan fingerprint density at radius 3 is 2.07 bits per heavy atom. The van der Waals surface area contributed by atoms with Gasteiger partial charge >= 0.3 is 0 Å².